The van der Waals surface area contributed by atoms with Crippen LogP contribution < -0.4 is 4.90 Å². The van der Waals surface area contributed by atoms with Crippen LogP contribution in [0.15, 0.2) is 24.3 Å². The molecule has 1 saturated carbocycles. The summed E-state index contributed by atoms with van der Waals surface area (Å²) in [6.45, 7) is 0. The van der Waals surface area contributed by atoms with Crippen LogP contribution in [-0.2, 0) is 4.79 Å². The number of anilines is 1. The van der Waals surface area contributed by atoms with Crippen molar-refractivity contribution < 1.29 is 14.3 Å². The van der Waals surface area contributed by atoms with Crippen molar-refractivity contribution in [1.29, 1.82) is 0 Å². The highest BCUT2D eigenvalue weighted by atomic mass is 19.1. The maximum Gasteiger partial charge on any atom is 0.326 e. The molecule has 4 heteroatoms. The molecule has 1 N–H and O–H groups in total. The van der Waals surface area contributed by atoms with Crippen molar-refractivity contribution in [2.45, 2.75) is 24.9 Å². The minimum Gasteiger partial charge on any atom is -0.480 e. The number of carbonyl (C=O) groups is 1. The molecule has 3 fully saturated rings. The molecule has 0 spiro atoms. The summed E-state index contributed by atoms with van der Waals surface area (Å²) in [6.07, 6.45) is 1.85. The van der Waals surface area contributed by atoms with Gasteiger partial charge in [-0.05, 0) is 37.0 Å². The van der Waals surface area contributed by atoms with Crippen LogP contribution in [0.1, 0.15) is 12.8 Å². The number of aliphatic carboxylic acids is 1. The van der Waals surface area contributed by atoms with Gasteiger partial charge in [-0.25, -0.2) is 9.18 Å². The van der Waals surface area contributed by atoms with Gasteiger partial charge in [-0.1, -0.05) is 6.07 Å². The van der Waals surface area contributed by atoms with E-state index in [1.54, 1.807) is 12.1 Å². The summed E-state index contributed by atoms with van der Waals surface area (Å²) < 4.78 is 13.1. The molecule has 84 valence electrons. The fraction of sp³-hybridized carbons (Fsp3) is 0.417. The van der Waals surface area contributed by atoms with Crippen LogP contribution in [0.4, 0.5) is 10.1 Å². The van der Waals surface area contributed by atoms with Crippen molar-refractivity contribution in [2.24, 2.45) is 5.92 Å². The van der Waals surface area contributed by atoms with E-state index in [0.717, 1.165) is 12.8 Å². The Morgan fingerprint density at radius 2 is 2.19 bits per heavy atom. The fourth-order valence-electron chi connectivity index (χ4n) is 2.90. The first kappa shape index (κ1) is 9.63. The lowest BCUT2D eigenvalue weighted by Gasteiger charge is -2.27. The van der Waals surface area contributed by atoms with Crippen LogP contribution in [0.3, 0.4) is 0 Å². The Morgan fingerprint density at radius 1 is 1.44 bits per heavy atom. The van der Waals surface area contributed by atoms with Gasteiger partial charge in [0.15, 0.2) is 0 Å². The summed E-state index contributed by atoms with van der Waals surface area (Å²) in [7, 11) is 0. The van der Waals surface area contributed by atoms with Gasteiger partial charge in [-0.2, -0.15) is 0 Å². The van der Waals surface area contributed by atoms with Crippen molar-refractivity contribution in [2.75, 3.05) is 4.90 Å². The molecule has 3 nitrogen and oxygen atoms in total. The van der Waals surface area contributed by atoms with Gasteiger partial charge in [0.05, 0.1) is 0 Å². The number of benzene rings is 1. The Morgan fingerprint density at radius 3 is 2.81 bits per heavy atom. The van der Waals surface area contributed by atoms with E-state index in [2.05, 4.69) is 0 Å². The normalized spacial score (nSPS) is 31.3. The topological polar surface area (TPSA) is 40.5 Å². The number of carboxylic acids is 1. The predicted molar refractivity (Wildman–Crippen MR) is 56.8 cm³/mol. The predicted octanol–water partition coefficient (Wildman–Crippen LogP) is 1.88. The molecule has 1 atom stereocenters. The van der Waals surface area contributed by atoms with E-state index in [1.165, 1.54) is 12.1 Å². The Labute approximate surface area is 92.5 Å². The summed E-state index contributed by atoms with van der Waals surface area (Å²) in [5, 5.41) is 9.18. The van der Waals surface area contributed by atoms with E-state index >= 15 is 0 Å². The average Bonchev–Trinajstić information content (AvgIpc) is 2.70. The molecule has 2 bridgehead atoms. The van der Waals surface area contributed by atoms with Crippen molar-refractivity contribution in [3.05, 3.63) is 30.1 Å². The molecule has 1 aromatic rings. The fourth-order valence-corrected chi connectivity index (χ4v) is 2.90. The first-order valence-electron chi connectivity index (χ1n) is 5.43. The van der Waals surface area contributed by atoms with Crippen LogP contribution in [-0.4, -0.2) is 23.2 Å². The second kappa shape index (κ2) is 3.20. The van der Waals surface area contributed by atoms with E-state index in [0.29, 0.717) is 5.69 Å². The number of hydrogen-bond donors (Lipinski definition) is 1. The Balaban J connectivity index is 1.97. The third-order valence-electron chi connectivity index (χ3n) is 3.65. The minimum absolute atomic E-state index is 0.241. The van der Waals surface area contributed by atoms with E-state index in [1.807, 2.05) is 4.90 Å². The average molecular weight is 221 g/mol. The van der Waals surface area contributed by atoms with Gasteiger partial charge in [0.2, 0.25) is 0 Å². The van der Waals surface area contributed by atoms with E-state index in [4.69, 9.17) is 0 Å². The smallest absolute Gasteiger partial charge is 0.326 e. The molecule has 2 aliphatic heterocycles. The maximum atomic E-state index is 13.1. The lowest BCUT2D eigenvalue weighted by molar-refractivity contribution is -0.139. The quantitative estimate of drug-likeness (QED) is 0.828. The van der Waals surface area contributed by atoms with Gasteiger partial charge >= 0.3 is 5.97 Å². The minimum atomic E-state index is -0.797. The van der Waals surface area contributed by atoms with E-state index in [9.17, 15) is 14.3 Å². The zero-order valence-electron chi connectivity index (χ0n) is 8.64. The summed E-state index contributed by atoms with van der Waals surface area (Å²) in [4.78, 5) is 13.0. The van der Waals surface area contributed by atoms with E-state index in [-0.39, 0.29) is 17.8 Å². The van der Waals surface area contributed by atoms with Crippen LogP contribution in [0.25, 0.3) is 0 Å². The summed E-state index contributed by atoms with van der Waals surface area (Å²) in [6, 6.07) is 6.01. The highest BCUT2D eigenvalue weighted by molar-refractivity contribution is 5.81. The van der Waals surface area contributed by atoms with Gasteiger partial charge in [0.1, 0.15) is 11.9 Å². The number of halogens is 1. The number of nitrogens with zero attached hydrogens (tertiary/aromatic N) is 1. The second-order valence-corrected chi connectivity index (χ2v) is 4.56. The Hall–Kier alpha value is -1.58. The largest absolute Gasteiger partial charge is 0.480 e. The molecule has 16 heavy (non-hydrogen) atoms. The van der Waals surface area contributed by atoms with Crippen molar-refractivity contribution >= 4 is 11.7 Å². The van der Waals surface area contributed by atoms with Crippen LogP contribution in [0.2, 0.25) is 0 Å². The number of carboxylic acid groups (broad SMARTS) is 1. The molecule has 4 rings (SSSR count). The molecule has 0 aromatic heterocycles. The second-order valence-electron chi connectivity index (χ2n) is 4.56. The van der Waals surface area contributed by atoms with Gasteiger partial charge < -0.3 is 10.0 Å². The van der Waals surface area contributed by atoms with Gasteiger partial charge in [0, 0.05) is 11.7 Å². The van der Waals surface area contributed by atoms with Crippen molar-refractivity contribution in [3.8, 4) is 0 Å². The number of hydrogen-bond acceptors (Lipinski definition) is 2. The Kier molecular flexibility index (Phi) is 1.93. The molecule has 1 unspecified atom stereocenters. The number of rotatable bonds is 2. The summed E-state index contributed by atoms with van der Waals surface area (Å²) in [5.74, 6) is -0.870. The lowest BCUT2D eigenvalue weighted by Crippen LogP contribution is -2.36. The highest BCUT2D eigenvalue weighted by Crippen LogP contribution is 2.48. The van der Waals surface area contributed by atoms with E-state index < -0.39 is 12.0 Å². The third-order valence-corrected chi connectivity index (χ3v) is 3.65. The standard InChI is InChI=1S/C12H12FNO2/c13-8-2-1-3-9(6-8)14-10-4-7(5-10)11(14)12(15)16/h1-3,6-7,10-11H,4-5H2,(H,15,16). The highest BCUT2D eigenvalue weighted by Gasteiger charge is 2.53. The summed E-state index contributed by atoms with van der Waals surface area (Å²) in [5.41, 5.74) is 0.692. The zero-order valence-corrected chi connectivity index (χ0v) is 8.64. The first-order chi connectivity index (χ1) is 7.66. The third kappa shape index (κ3) is 1.22. The van der Waals surface area contributed by atoms with Gasteiger partial charge in [-0.15, -0.1) is 0 Å². The van der Waals surface area contributed by atoms with Crippen LogP contribution in [0.5, 0.6) is 0 Å². The molecule has 0 radical (unpaired) electrons. The van der Waals surface area contributed by atoms with Crippen LogP contribution >= 0.6 is 0 Å². The zero-order chi connectivity index (χ0) is 11.3. The monoisotopic (exact) mass is 221 g/mol. The van der Waals surface area contributed by atoms with Gasteiger partial charge in [-0.3, -0.25) is 0 Å². The lowest BCUT2D eigenvalue weighted by atomic mass is 9.83. The van der Waals surface area contributed by atoms with Gasteiger partial charge in [0.25, 0.3) is 0 Å². The SMILES string of the molecule is O=C(O)C1C2CC(C2)N1c1cccc(F)c1. The molecular formula is C12H12FNO2. The number of fused-ring (bicyclic) bond motifs is 1. The Bertz CT molecular complexity index is 442. The van der Waals surface area contributed by atoms with Crippen LogP contribution in [0, 0.1) is 11.7 Å². The molecular weight excluding hydrogens is 209 g/mol. The molecule has 2 saturated heterocycles. The molecule has 1 aliphatic carbocycles. The first-order valence-corrected chi connectivity index (χ1v) is 5.43. The molecule has 0 amide bonds. The summed E-state index contributed by atoms with van der Waals surface area (Å²) >= 11 is 0. The molecule has 2 heterocycles. The molecule has 3 aliphatic rings. The maximum absolute atomic E-state index is 13.1. The van der Waals surface area contributed by atoms with Crippen molar-refractivity contribution in [3.63, 3.8) is 0 Å². The van der Waals surface area contributed by atoms with Crippen molar-refractivity contribution in [1.82, 2.24) is 0 Å². The molecule has 1 aromatic carbocycles.